The summed E-state index contributed by atoms with van der Waals surface area (Å²) in [6.45, 7) is 5.31. The minimum Gasteiger partial charge on any atom is -0.369 e. The van der Waals surface area contributed by atoms with Crippen molar-refractivity contribution in [2.24, 2.45) is 5.73 Å². The molecular formula is C35H41N5O5. The molecule has 2 amide bonds. The second-order valence-electron chi connectivity index (χ2n) is 11.5. The van der Waals surface area contributed by atoms with E-state index in [1.807, 2.05) is 36.4 Å². The summed E-state index contributed by atoms with van der Waals surface area (Å²) in [6.07, 6.45) is 3.18. The predicted molar refractivity (Wildman–Crippen MR) is 175 cm³/mol. The van der Waals surface area contributed by atoms with Gasteiger partial charge < -0.3 is 20.3 Å². The van der Waals surface area contributed by atoms with Crippen molar-refractivity contribution in [1.29, 1.82) is 0 Å². The fraction of sp³-hybridized carbons (Fsp3) is 0.371. The van der Waals surface area contributed by atoms with Gasteiger partial charge in [0, 0.05) is 31.9 Å². The van der Waals surface area contributed by atoms with Crippen LogP contribution in [0.25, 0.3) is 10.9 Å². The number of aromatic amines is 1. The van der Waals surface area contributed by atoms with Gasteiger partial charge in [-0.25, -0.2) is 4.79 Å². The van der Waals surface area contributed by atoms with Gasteiger partial charge in [-0.05, 0) is 68.5 Å². The molecule has 5 rings (SSSR count). The van der Waals surface area contributed by atoms with E-state index < -0.39 is 29.5 Å². The summed E-state index contributed by atoms with van der Waals surface area (Å²) in [5.41, 5.74) is 7.53. The zero-order valence-corrected chi connectivity index (χ0v) is 25.7. The number of amides is 2. The number of ether oxygens (including phenoxy) is 1. The molecule has 10 nitrogen and oxygen atoms in total. The van der Waals surface area contributed by atoms with Gasteiger partial charge in [0.1, 0.15) is 12.5 Å². The van der Waals surface area contributed by atoms with Crippen LogP contribution in [-0.2, 0) is 20.9 Å². The molecular weight excluding hydrogens is 570 g/mol. The summed E-state index contributed by atoms with van der Waals surface area (Å²) in [4.78, 5) is 55.6. The number of H-pyrrole nitrogens is 1. The number of nitrogens with one attached hydrogen (secondary N) is 1. The maximum atomic E-state index is 12.9. The monoisotopic (exact) mass is 611 g/mol. The number of benzene rings is 3. The van der Waals surface area contributed by atoms with E-state index in [9.17, 15) is 19.2 Å². The number of primary amides is 1. The molecule has 4 aromatic rings. The van der Waals surface area contributed by atoms with Crippen molar-refractivity contribution in [2.45, 2.75) is 57.8 Å². The SMILES string of the molecule is CCN(C(=O)CC(N)=O)c1ccc2c(=O)[nH]c(=O)n(CCCCN3CCC(OC(c4ccccc4)c4ccccc4)CC3)c2c1. The average Bonchev–Trinajstić information content (AvgIpc) is 3.04. The van der Waals surface area contributed by atoms with Crippen LogP contribution < -0.4 is 21.9 Å². The molecule has 236 valence electrons. The molecule has 0 spiro atoms. The van der Waals surface area contributed by atoms with E-state index in [0.29, 0.717) is 29.7 Å². The van der Waals surface area contributed by atoms with Crippen molar-refractivity contribution < 1.29 is 14.3 Å². The van der Waals surface area contributed by atoms with Gasteiger partial charge in [0.2, 0.25) is 11.8 Å². The number of aromatic nitrogens is 2. The van der Waals surface area contributed by atoms with Crippen molar-refractivity contribution >= 4 is 28.4 Å². The second-order valence-corrected chi connectivity index (χ2v) is 11.5. The Balaban J connectivity index is 1.18. The summed E-state index contributed by atoms with van der Waals surface area (Å²) in [6, 6.07) is 25.6. The minimum atomic E-state index is -0.715. The molecule has 0 unspecified atom stereocenters. The molecule has 1 aromatic heterocycles. The van der Waals surface area contributed by atoms with E-state index >= 15 is 0 Å². The first-order valence-corrected chi connectivity index (χ1v) is 15.7. The number of nitrogens with two attached hydrogens (primary N) is 1. The van der Waals surface area contributed by atoms with Crippen LogP contribution in [0.1, 0.15) is 56.3 Å². The molecule has 1 aliphatic rings. The fourth-order valence-corrected chi connectivity index (χ4v) is 6.09. The molecule has 3 N–H and O–H groups in total. The molecule has 0 atom stereocenters. The van der Waals surface area contributed by atoms with Gasteiger partial charge >= 0.3 is 5.69 Å². The Kier molecular flexibility index (Phi) is 10.6. The van der Waals surface area contributed by atoms with Crippen molar-refractivity contribution in [3.05, 3.63) is 111 Å². The predicted octanol–water partition coefficient (Wildman–Crippen LogP) is 3.97. The van der Waals surface area contributed by atoms with Gasteiger partial charge in [0.15, 0.2) is 0 Å². The topological polar surface area (TPSA) is 131 Å². The van der Waals surface area contributed by atoms with E-state index in [-0.39, 0.29) is 12.2 Å². The summed E-state index contributed by atoms with van der Waals surface area (Å²) in [5.74, 6) is -1.15. The number of hydrogen-bond donors (Lipinski definition) is 2. The fourth-order valence-electron chi connectivity index (χ4n) is 6.09. The van der Waals surface area contributed by atoms with Crippen molar-refractivity contribution in [1.82, 2.24) is 14.5 Å². The number of anilines is 1. The largest absolute Gasteiger partial charge is 0.369 e. The Morgan fingerprint density at radius 1 is 0.933 bits per heavy atom. The van der Waals surface area contributed by atoms with Gasteiger partial charge in [-0.1, -0.05) is 60.7 Å². The van der Waals surface area contributed by atoms with Gasteiger partial charge in [0.25, 0.3) is 5.56 Å². The van der Waals surface area contributed by atoms with Crippen LogP contribution in [0.4, 0.5) is 5.69 Å². The Hall–Kier alpha value is -4.54. The quantitative estimate of drug-likeness (QED) is 0.174. The van der Waals surface area contributed by atoms with Crippen molar-refractivity contribution in [2.75, 3.05) is 31.1 Å². The van der Waals surface area contributed by atoms with E-state index in [4.69, 9.17) is 10.5 Å². The Labute approximate surface area is 262 Å². The Morgan fingerprint density at radius 2 is 1.56 bits per heavy atom. The second kappa shape index (κ2) is 15.0. The number of piperidine rings is 1. The number of carbonyl (C=O) groups excluding carboxylic acids is 2. The van der Waals surface area contributed by atoms with Crippen LogP contribution in [0, 0.1) is 0 Å². The van der Waals surface area contributed by atoms with Crippen LogP contribution in [0.5, 0.6) is 0 Å². The maximum Gasteiger partial charge on any atom is 0.328 e. The molecule has 2 heterocycles. The molecule has 3 aromatic carbocycles. The van der Waals surface area contributed by atoms with Gasteiger partial charge in [0.05, 0.1) is 17.0 Å². The first-order chi connectivity index (χ1) is 21.8. The van der Waals surface area contributed by atoms with Crippen LogP contribution in [0.2, 0.25) is 0 Å². The summed E-state index contributed by atoms with van der Waals surface area (Å²) in [5, 5.41) is 0.364. The van der Waals surface area contributed by atoms with Crippen LogP contribution in [0.3, 0.4) is 0 Å². The minimum absolute atomic E-state index is 0.0967. The van der Waals surface area contributed by atoms with Crippen LogP contribution in [-0.4, -0.2) is 58.5 Å². The highest BCUT2D eigenvalue weighted by molar-refractivity contribution is 6.05. The smallest absolute Gasteiger partial charge is 0.328 e. The van der Waals surface area contributed by atoms with Crippen molar-refractivity contribution in [3.63, 3.8) is 0 Å². The number of carbonyl (C=O) groups is 2. The van der Waals surface area contributed by atoms with Gasteiger partial charge in [-0.15, -0.1) is 0 Å². The van der Waals surface area contributed by atoms with Crippen molar-refractivity contribution in [3.8, 4) is 0 Å². The zero-order valence-electron chi connectivity index (χ0n) is 25.7. The molecule has 1 aliphatic heterocycles. The third-order valence-corrected chi connectivity index (χ3v) is 8.41. The Bertz CT molecular complexity index is 1670. The molecule has 0 aliphatic carbocycles. The first-order valence-electron chi connectivity index (χ1n) is 15.7. The summed E-state index contributed by atoms with van der Waals surface area (Å²) < 4.78 is 8.24. The molecule has 45 heavy (non-hydrogen) atoms. The van der Waals surface area contributed by atoms with E-state index in [0.717, 1.165) is 56.4 Å². The third-order valence-electron chi connectivity index (χ3n) is 8.41. The number of likely N-dealkylation sites (tertiary alicyclic amines) is 1. The van der Waals surface area contributed by atoms with E-state index in [1.54, 1.807) is 29.7 Å². The molecule has 10 heteroatoms. The lowest BCUT2D eigenvalue weighted by molar-refractivity contribution is -0.126. The first kappa shape index (κ1) is 31.9. The molecule has 1 saturated heterocycles. The molecule has 0 radical (unpaired) electrons. The third kappa shape index (κ3) is 7.95. The number of nitrogens with zero attached hydrogens (tertiary/aromatic N) is 3. The summed E-state index contributed by atoms with van der Waals surface area (Å²) >= 11 is 0. The Morgan fingerprint density at radius 3 is 2.16 bits per heavy atom. The molecule has 0 bridgehead atoms. The number of rotatable bonds is 13. The highest BCUT2D eigenvalue weighted by atomic mass is 16.5. The zero-order chi connectivity index (χ0) is 31.8. The number of aryl methyl sites for hydroxylation is 1. The van der Waals surface area contributed by atoms with Crippen LogP contribution >= 0.6 is 0 Å². The van der Waals surface area contributed by atoms with E-state index in [2.05, 4.69) is 34.1 Å². The van der Waals surface area contributed by atoms with Gasteiger partial charge in [-0.3, -0.25) is 23.9 Å². The lowest BCUT2D eigenvalue weighted by atomic mass is 10.00. The lowest BCUT2D eigenvalue weighted by Crippen LogP contribution is -2.38. The highest BCUT2D eigenvalue weighted by Gasteiger charge is 2.25. The normalized spacial score (nSPS) is 14.2. The molecule has 1 fully saturated rings. The van der Waals surface area contributed by atoms with E-state index in [1.165, 1.54) is 4.90 Å². The maximum absolute atomic E-state index is 12.9. The summed E-state index contributed by atoms with van der Waals surface area (Å²) in [7, 11) is 0. The highest BCUT2D eigenvalue weighted by Crippen LogP contribution is 2.30. The number of fused-ring (bicyclic) bond motifs is 1. The van der Waals surface area contributed by atoms with Gasteiger partial charge in [-0.2, -0.15) is 0 Å². The lowest BCUT2D eigenvalue weighted by Gasteiger charge is -2.34. The number of unbranched alkanes of at least 4 members (excludes halogenated alkanes) is 1. The number of hydrogen-bond acceptors (Lipinski definition) is 6. The van der Waals surface area contributed by atoms with Crippen LogP contribution in [0.15, 0.2) is 88.5 Å². The average molecular weight is 612 g/mol. The standard InChI is InChI=1S/C35H41N5O5/c1-2-39(32(42)24-31(36)41)27-15-16-29-30(23-27)40(35(44)37-34(29)43)20-10-9-19-38-21-17-28(18-22-38)45-33(25-11-5-3-6-12-25)26-13-7-4-8-14-26/h3-8,11-16,23,28,33H,2,9-10,17-22,24H2,1H3,(H2,36,41)(H,37,43,44). The molecule has 0 saturated carbocycles.